The molecular weight excluding hydrogens is 476 g/mol. The number of nitrogens with two attached hydrogens (primary N) is 2. The number of ether oxygens (including phenoxy) is 7. The van der Waals surface area contributed by atoms with Gasteiger partial charge in [-0.1, -0.05) is 12.2 Å². The van der Waals surface area contributed by atoms with Crippen molar-refractivity contribution >= 4 is 24.1 Å². The van der Waals surface area contributed by atoms with Crippen molar-refractivity contribution in [2.24, 2.45) is 11.5 Å². The highest BCUT2D eigenvalue weighted by atomic mass is 16.7. The molecular formula is C24H30N2O10. The van der Waals surface area contributed by atoms with Crippen LogP contribution in [-0.4, -0.2) is 65.0 Å². The molecule has 0 aromatic heterocycles. The average molecular weight is 507 g/mol. The minimum Gasteiger partial charge on any atom is -0.496 e. The Morgan fingerprint density at radius 1 is 0.806 bits per heavy atom. The van der Waals surface area contributed by atoms with E-state index < -0.39 is 25.5 Å². The predicted octanol–water partition coefficient (Wildman–Crippen LogP) is 1.05. The van der Waals surface area contributed by atoms with E-state index in [0.717, 1.165) is 0 Å². The van der Waals surface area contributed by atoms with Crippen molar-refractivity contribution in [2.75, 3.05) is 48.0 Å². The monoisotopic (exact) mass is 506 g/mol. The van der Waals surface area contributed by atoms with Crippen LogP contribution < -0.4 is 35.2 Å². The van der Waals surface area contributed by atoms with Gasteiger partial charge in [0.15, 0.2) is 11.5 Å². The summed E-state index contributed by atoms with van der Waals surface area (Å²) in [6.45, 7) is -1.82. The molecule has 0 amide bonds. The maximum atomic E-state index is 11.5. The molecule has 12 heteroatoms. The van der Waals surface area contributed by atoms with Crippen LogP contribution in [0.4, 0.5) is 0 Å². The summed E-state index contributed by atoms with van der Waals surface area (Å²) in [5, 5.41) is 9.63. The largest absolute Gasteiger partial charge is 0.496 e. The van der Waals surface area contributed by atoms with E-state index in [-0.39, 0.29) is 36.9 Å². The van der Waals surface area contributed by atoms with Crippen molar-refractivity contribution in [3.8, 4) is 28.7 Å². The van der Waals surface area contributed by atoms with Crippen LogP contribution in [0.15, 0.2) is 24.3 Å². The zero-order valence-corrected chi connectivity index (χ0v) is 20.3. The van der Waals surface area contributed by atoms with E-state index >= 15 is 0 Å². The number of aliphatic hydroxyl groups is 1. The standard InChI is InChI=1S/C24H30N2O10/c1-30-18-7-6-16(5-4-15-8-19(31-2)17(12-27)20(9-15)32-3)23(35-13-33-21(28)10-25)24(18)36-14-34-22(29)11-26/h4-9,27H,10-14,25-26H2,1-3H3/b5-4-. The van der Waals surface area contributed by atoms with Gasteiger partial charge < -0.3 is 49.7 Å². The number of carbonyl (C=O) groups excluding carboxylic acids is 2. The van der Waals surface area contributed by atoms with Gasteiger partial charge in [-0.25, -0.2) is 0 Å². The fourth-order valence-electron chi connectivity index (χ4n) is 3.01. The summed E-state index contributed by atoms with van der Waals surface area (Å²) in [4.78, 5) is 22.8. The molecule has 0 aliphatic carbocycles. The van der Waals surface area contributed by atoms with Gasteiger partial charge in [0.05, 0.1) is 46.6 Å². The third-order valence-corrected chi connectivity index (χ3v) is 4.75. The Labute approximate surface area is 208 Å². The smallest absolute Gasteiger partial charge is 0.322 e. The van der Waals surface area contributed by atoms with E-state index in [1.54, 1.807) is 36.4 Å². The van der Waals surface area contributed by atoms with Crippen molar-refractivity contribution in [1.29, 1.82) is 0 Å². The molecule has 196 valence electrons. The Morgan fingerprint density at radius 3 is 1.81 bits per heavy atom. The van der Waals surface area contributed by atoms with Gasteiger partial charge in [0, 0.05) is 5.56 Å². The van der Waals surface area contributed by atoms with Crippen LogP contribution in [0.3, 0.4) is 0 Å². The molecule has 36 heavy (non-hydrogen) atoms. The van der Waals surface area contributed by atoms with Crippen LogP contribution in [0.25, 0.3) is 12.2 Å². The lowest BCUT2D eigenvalue weighted by Crippen LogP contribution is -2.20. The number of hydrogen-bond acceptors (Lipinski definition) is 12. The molecule has 2 aromatic carbocycles. The zero-order valence-electron chi connectivity index (χ0n) is 20.3. The van der Waals surface area contributed by atoms with Crippen molar-refractivity contribution < 1.29 is 47.9 Å². The summed E-state index contributed by atoms with van der Waals surface area (Å²) < 4.78 is 37.1. The molecule has 0 radical (unpaired) electrons. The Hall–Kier alpha value is -4.00. The number of aliphatic hydroxyl groups excluding tert-OH is 1. The molecule has 2 aromatic rings. The van der Waals surface area contributed by atoms with Crippen molar-refractivity contribution in [3.63, 3.8) is 0 Å². The highest BCUT2D eigenvalue weighted by Crippen LogP contribution is 2.41. The fraction of sp³-hybridized carbons (Fsp3) is 0.333. The van der Waals surface area contributed by atoms with Gasteiger partial charge in [0.2, 0.25) is 19.3 Å². The lowest BCUT2D eigenvalue weighted by molar-refractivity contribution is -0.150. The van der Waals surface area contributed by atoms with Crippen LogP contribution >= 0.6 is 0 Å². The topological polar surface area (TPSA) is 171 Å². The molecule has 0 fully saturated rings. The summed E-state index contributed by atoms with van der Waals surface area (Å²) >= 11 is 0. The van der Waals surface area contributed by atoms with Gasteiger partial charge in [-0.15, -0.1) is 0 Å². The molecule has 0 unspecified atom stereocenters. The summed E-state index contributed by atoms with van der Waals surface area (Å²) in [6, 6.07) is 6.75. The van der Waals surface area contributed by atoms with Crippen LogP contribution in [-0.2, 0) is 25.7 Å². The molecule has 2 rings (SSSR count). The first kappa shape index (κ1) is 28.2. The average Bonchev–Trinajstić information content (AvgIpc) is 2.91. The second kappa shape index (κ2) is 14.4. The minimum absolute atomic E-state index is 0.0964. The molecule has 0 spiro atoms. The van der Waals surface area contributed by atoms with E-state index in [9.17, 15) is 14.7 Å². The normalized spacial score (nSPS) is 10.6. The maximum Gasteiger partial charge on any atom is 0.322 e. The molecule has 0 saturated carbocycles. The molecule has 0 heterocycles. The number of esters is 2. The van der Waals surface area contributed by atoms with Gasteiger partial charge in [-0.2, -0.15) is 0 Å². The molecule has 5 N–H and O–H groups in total. The Bertz CT molecular complexity index is 1050. The van der Waals surface area contributed by atoms with Crippen molar-refractivity contribution in [3.05, 3.63) is 41.0 Å². The Kier molecular flexibility index (Phi) is 11.3. The molecule has 0 atom stereocenters. The zero-order chi connectivity index (χ0) is 26.5. The number of rotatable bonds is 14. The summed E-state index contributed by atoms with van der Waals surface area (Å²) in [5.41, 5.74) is 12.2. The minimum atomic E-state index is -0.669. The van der Waals surface area contributed by atoms with Gasteiger partial charge in [-0.05, 0) is 29.8 Å². The maximum absolute atomic E-state index is 11.5. The van der Waals surface area contributed by atoms with Gasteiger partial charge >= 0.3 is 11.9 Å². The molecule has 0 aliphatic rings. The molecule has 0 aliphatic heterocycles. The van der Waals surface area contributed by atoms with Gasteiger partial charge in [-0.3, -0.25) is 9.59 Å². The van der Waals surface area contributed by atoms with E-state index in [0.29, 0.717) is 28.2 Å². The lowest BCUT2D eigenvalue weighted by atomic mass is 10.1. The summed E-state index contributed by atoms with van der Waals surface area (Å²) in [6.07, 6.45) is 3.44. The highest BCUT2D eigenvalue weighted by Gasteiger charge is 2.18. The summed E-state index contributed by atoms with van der Waals surface area (Å²) in [5.74, 6) is 0.0660. The number of benzene rings is 2. The Balaban J connectivity index is 2.47. The SMILES string of the molecule is COc1cc(/C=C\c2ccc(OC)c(OCOC(=O)CN)c2OCOC(=O)CN)cc(OC)c1CO. The Morgan fingerprint density at radius 2 is 1.33 bits per heavy atom. The van der Waals surface area contributed by atoms with Crippen LogP contribution in [0.2, 0.25) is 0 Å². The quantitative estimate of drug-likeness (QED) is 0.189. The first-order valence-electron chi connectivity index (χ1n) is 10.6. The molecule has 0 saturated heterocycles. The number of carbonyl (C=O) groups is 2. The molecule has 0 bridgehead atoms. The first-order valence-corrected chi connectivity index (χ1v) is 10.6. The van der Waals surface area contributed by atoms with Gasteiger partial charge in [0.1, 0.15) is 11.5 Å². The van der Waals surface area contributed by atoms with Crippen LogP contribution in [0.1, 0.15) is 16.7 Å². The second-order valence-electron chi connectivity index (χ2n) is 6.88. The fourth-order valence-corrected chi connectivity index (χ4v) is 3.01. The molecule has 12 nitrogen and oxygen atoms in total. The van der Waals surface area contributed by atoms with Crippen LogP contribution in [0.5, 0.6) is 28.7 Å². The van der Waals surface area contributed by atoms with E-state index in [4.69, 9.17) is 44.6 Å². The lowest BCUT2D eigenvalue weighted by Gasteiger charge is -2.18. The van der Waals surface area contributed by atoms with E-state index in [1.165, 1.54) is 21.3 Å². The van der Waals surface area contributed by atoms with Crippen molar-refractivity contribution in [2.45, 2.75) is 6.61 Å². The van der Waals surface area contributed by atoms with E-state index in [1.807, 2.05) is 0 Å². The summed E-state index contributed by atoms with van der Waals surface area (Å²) in [7, 11) is 4.39. The highest BCUT2D eigenvalue weighted by molar-refractivity contribution is 5.77. The van der Waals surface area contributed by atoms with Gasteiger partial charge in [0.25, 0.3) is 0 Å². The van der Waals surface area contributed by atoms with E-state index in [2.05, 4.69) is 0 Å². The predicted molar refractivity (Wildman–Crippen MR) is 129 cm³/mol. The van der Waals surface area contributed by atoms with Crippen LogP contribution in [0, 0.1) is 0 Å². The number of hydrogen-bond donors (Lipinski definition) is 3. The van der Waals surface area contributed by atoms with Crippen molar-refractivity contribution in [1.82, 2.24) is 0 Å². The third-order valence-electron chi connectivity index (χ3n) is 4.75. The third kappa shape index (κ3) is 7.50. The second-order valence-corrected chi connectivity index (χ2v) is 6.88. The first-order chi connectivity index (χ1) is 17.4. The number of methoxy groups -OCH3 is 3.